The van der Waals surface area contributed by atoms with E-state index in [0.717, 1.165) is 12.3 Å². The van der Waals surface area contributed by atoms with Gasteiger partial charge in [-0.2, -0.15) is 4.98 Å². The average molecular weight is 223 g/mol. The molecular weight excluding hydrogens is 213 g/mol. The Balaban J connectivity index is 2.07. The van der Waals surface area contributed by atoms with E-state index >= 15 is 0 Å². The van der Waals surface area contributed by atoms with Crippen LogP contribution in [0.1, 0.15) is 23.2 Å². The van der Waals surface area contributed by atoms with Crippen LogP contribution in [-0.4, -0.2) is 26.1 Å². The summed E-state index contributed by atoms with van der Waals surface area (Å²) in [7, 11) is 0. The molecule has 16 heavy (non-hydrogen) atoms. The highest BCUT2D eigenvalue weighted by molar-refractivity contribution is 6.01. The number of hydrogen-bond acceptors (Lipinski definition) is 3. The molecule has 0 bridgehead atoms. The summed E-state index contributed by atoms with van der Waals surface area (Å²) < 4.78 is 12.6. The first-order valence-electron chi connectivity index (χ1n) is 4.75. The van der Waals surface area contributed by atoms with Gasteiger partial charge in [0, 0.05) is 18.7 Å². The van der Waals surface area contributed by atoms with Gasteiger partial charge in [0.15, 0.2) is 0 Å². The molecule has 0 aliphatic carbocycles. The molecule has 0 radical (unpaired) electrons. The molecule has 0 atom stereocenters. The van der Waals surface area contributed by atoms with Gasteiger partial charge in [-0.1, -0.05) is 6.92 Å². The summed E-state index contributed by atoms with van der Waals surface area (Å²) in [5.41, 5.74) is 0.125. The van der Waals surface area contributed by atoms with Gasteiger partial charge < -0.3 is 4.98 Å². The number of carbonyl (C=O) groups is 1. The fraction of sp³-hybridized carbons (Fsp3) is 0.222. The molecule has 7 heteroatoms. The van der Waals surface area contributed by atoms with Crippen LogP contribution in [0.2, 0.25) is 0 Å². The number of carbonyl (C=O) groups excluding carboxylic acids is 1. The van der Waals surface area contributed by atoms with E-state index in [0.29, 0.717) is 12.2 Å². The number of anilines is 1. The third-order valence-corrected chi connectivity index (χ3v) is 1.98. The smallest absolute Gasteiger partial charge is 0.274 e. The molecule has 0 spiro atoms. The molecule has 2 heterocycles. The largest absolute Gasteiger partial charge is 0.355 e. The summed E-state index contributed by atoms with van der Waals surface area (Å²) in [5, 5.41) is 8.88. The molecule has 2 rings (SSSR count). The van der Waals surface area contributed by atoms with Gasteiger partial charge in [-0.3, -0.25) is 15.2 Å². The Bertz CT molecular complexity index is 503. The Morgan fingerprint density at radius 2 is 2.44 bits per heavy atom. The lowest BCUT2D eigenvalue weighted by molar-refractivity contribution is 0.102. The Kier molecular flexibility index (Phi) is 2.67. The highest BCUT2D eigenvalue weighted by Gasteiger charge is 2.11. The monoisotopic (exact) mass is 223 g/mol. The van der Waals surface area contributed by atoms with E-state index < -0.39 is 11.7 Å². The summed E-state index contributed by atoms with van der Waals surface area (Å²) in [6.45, 7) is 1.91. The second-order valence-corrected chi connectivity index (χ2v) is 3.14. The zero-order valence-corrected chi connectivity index (χ0v) is 8.54. The van der Waals surface area contributed by atoms with Crippen LogP contribution in [0.15, 0.2) is 12.3 Å². The van der Waals surface area contributed by atoms with Crippen molar-refractivity contribution in [2.24, 2.45) is 0 Å². The highest BCUT2D eigenvalue weighted by Crippen LogP contribution is 2.05. The molecule has 2 aromatic rings. The van der Waals surface area contributed by atoms with E-state index in [1.165, 1.54) is 0 Å². The van der Waals surface area contributed by atoms with Crippen LogP contribution in [0.5, 0.6) is 0 Å². The van der Waals surface area contributed by atoms with Crippen molar-refractivity contribution < 1.29 is 9.18 Å². The van der Waals surface area contributed by atoms with Crippen LogP contribution >= 0.6 is 0 Å². The Hall–Kier alpha value is -2.18. The number of hydrogen-bond donors (Lipinski definition) is 3. The summed E-state index contributed by atoms with van der Waals surface area (Å²) >= 11 is 0. The number of H-pyrrole nitrogens is 2. The van der Waals surface area contributed by atoms with Crippen molar-refractivity contribution in [2.75, 3.05) is 5.32 Å². The number of aryl methyl sites for hydroxylation is 1. The first kappa shape index (κ1) is 10.3. The van der Waals surface area contributed by atoms with E-state index in [-0.39, 0.29) is 11.6 Å². The first-order valence-corrected chi connectivity index (χ1v) is 4.75. The second kappa shape index (κ2) is 4.13. The average Bonchev–Trinajstić information content (AvgIpc) is 2.87. The van der Waals surface area contributed by atoms with Crippen molar-refractivity contribution >= 4 is 11.9 Å². The van der Waals surface area contributed by atoms with Crippen LogP contribution < -0.4 is 5.32 Å². The van der Waals surface area contributed by atoms with Crippen molar-refractivity contribution in [3.63, 3.8) is 0 Å². The molecule has 0 aromatic carbocycles. The van der Waals surface area contributed by atoms with Crippen molar-refractivity contribution in [3.05, 3.63) is 29.6 Å². The lowest BCUT2D eigenvalue weighted by Crippen LogP contribution is -2.13. The quantitative estimate of drug-likeness (QED) is 0.727. The zero-order chi connectivity index (χ0) is 11.5. The molecule has 0 saturated carbocycles. The molecular formula is C9H10FN5O. The minimum atomic E-state index is -0.491. The maximum Gasteiger partial charge on any atom is 0.274 e. The lowest BCUT2D eigenvalue weighted by Gasteiger charge is -1.96. The van der Waals surface area contributed by atoms with Gasteiger partial charge in [-0.15, -0.1) is 5.10 Å². The number of aromatic nitrogens is 4. The Labute approximate surface area is 90.3 Å². The summed E-state index contributed by atoms with van der Waals surface area (Å²) in [6.07, 6.45) is 1.80. The number of nitrogens with one attached hydrogen (secondary N) is 3. The van der Waals surface area contributed by atoms with Crippen molar-refractivity contribution in [2.45, 2.75) is 13.3 Å². The van der Waals surface area contributed by atoms with Crippen molar-refractivity contribution in [1.82, 2.24) is 20.2 Å². The minimum absolute atomic E-state index is 0.125. The fourth-order valence-electron chi connectivity index (χ4n) is 1.18. The van der Waals surface area contributed by atoms with Gasteiger partial charge in [0.05, 0.1) is 0 Å². The number of rotatable bonds is 3. The van der Waals surface area contributed by atoms with E-state index in [9.17, 15) is 9.18 Å². The Morgan fingerprint density at radius 1 is 1.62 bits per heavy atom. The summed E-state index contributed by atoms with van der Waals surface area (Å²) in [4.78, 5) is 18.0. The Morgan fingerprint density at radius 3 is 3.00 bits per heavy atom. The number of nitrogens with zero attached hydrogens (tertiary/aromatic N) is 2. The molecule has 0 unspecified atom stereocenters. The molecule has 3 N–H and O–H groups in total. The SMILES string of the molecule is CCc1nc(NC(=O)c2cc(F)c[nH]2)n[nH]1. The van der Waals surface area contributed by atoms with Crippen LogP contribution in [-0.2, 0) is 6.42 Å². The lowest BCUT2D eigenvalue weighted by atomic mass is 10.4. The maximum absolute atomic E-state index is 12.6. The fourth-order valence-corrected chi connectivity index (χ4v) is 1.18. The predicted octanol–water partition coefficient (Wildman–Crippen LogP) is 1.09. The highest BCUT2D eigenvalue weighted by atomic mass is 19.1. The molecule has 6 nitrogen and oxygen atoms in total. The van der Waals surface area contributed by atoms with Gasteiger partial charge in [0.1, 0.15) is 17.3 Å². The second-order valence-electron chi connectivity index (χ2n) is 3.14. The van der Waals surface area contributed by atoms with Crippen molar-refractivity contribution in [1.29, 1.82) is 0 Å². The summed E-state index contributed by atoms with van der Waals surface area (Å²) in [5.74, 6) is -0.121. The molecule has 1 amide bonds. The van der Waals surface area contributed by atoms with E-state index in [4.69, 9.17) is 0 Å². The maximum atomic E-state index is 12.6. The van der Waals surface area contributed by atoms with Gasteiger partial charge in [0.25, 0.3) is 5.91 Å². The minimum Gasteiger partial charge on any atom is -0.355 e. The number of amides is 1. The third-order valence-electron chi connectivity index (χ3n) is 1.98. The standard InChI is InChI=1S/C9H10FN5O/c1-2-7-12-9(15-14-7)13-8(16)6-3-5(10)4-11-6/h3-4,11H,2H2,1H3,(H2,12,13,14,15,16). The molecule has 0 aliphatic heterocycles. The first-order chi connectivity index (χ1) is 7.69. The van der Waals surface area contributed by atoms with Crippen LogP contribution in [0, 0.1) is 5.82 Å². The van der Waals surface area contributed by atoms with E-state index in [1.54, 1.807) is 0 Å². The van der Waals surface area contributed by atoms with Crippen LogP contribution in [0.25, 0.3) is 0 Å². The molecule has 0 saturated heterocycles. The van der Waals surface area contributed by atoms with E-state index in [2.05, 4.69) is 25.5 Å². The van der Waals surface area contributed by atoms with Crippen LogP contribution in [0.4, 0.5) is 10.3 Å². The number of halogens is 1. The van der Waals surface area contributed by atoms with Gasteiger partial charge in [-0.05, 0) is 0 Å². The summed E-state index contributed by atoms with van der Waals surface area (Å²) in [6, 6.07) is 1.10. The molecule has 2 aromatic heterocycles. The third kappa shape index (κ3) is 2.08. The molecule has 0 aliphatic rings. The molecule has 0 fully saturated rings. The van der Waals surface area contributed by atoms with Crippen LogP contribution in [0.3, 0.4) is 0 Å². The van der Waals surface area contributed by atoms with Gasteiger partial charge in [-0.25, -0.2) is 4.39 Å². The number of aromatic amines is 2. The van der Waals surface area contributed by atoms with E-state index in [1.807, 2.05) is 6.92 Å². The topological polar surface area (TPSA) is 86.5 Å². The van der Waals surface area contributed by atoms with Gasteiger partial charge in [0.2, 0.25) is 5.95 Å². The molecule has 84 valence electrons. The zero-order valence-electron chi connectivity index (χ0n) is 8.54. The predicted molar refractivity (Wildman–Crippen MR) is 54.5 cm³/mol. The van der Waals surface area contributed by atoms with Gasteiger partial charge >= 0.3 is 0 Å². The van der Waals surface area contributed by atoms with Crippen molar-refractivity contribution in [3.8, 4) is 0 Å². The normalized spacial score (nSPS) is 10.4.